The standard InChI is InChI=1S/C12H13FO2/c1-12(2,14)7-6-9-4-5-10(13)11(8-9)15-3/h4-5,8,14H,1-3H3. The average Bonchev–Trinajstić information content (AvgIpc) is 2.15. The SMILES string of the molecule is COc1cc(C#CC(C)(C)O)ccc1F. The van der Waals surface area contributed by atoms with E-state index in [-0.39, 0.29) is 5.75 Å². The van der Waals surface area contributed by atoms with E-state index in [1.165, 1.54) is 25.3 Å². The molecule has 0 saturated heterocycles. The molecule has 1 rings (SSSR count). The van der Waals surface area contributed by atoms with Crippen LogP contribution in [-0.4, -0.2) is 17.8 Å². The molecular formula is C12H13FO2. The van der Waals surface area contributed by atoms with Crippen molar-refractivity contribution in [3.8, 4) is 17.6 Å². The van der Waals surface area contributed by atoms with E-state index in [4.69, 9.17) is 4.74 Å². The summed E-state index contributed by atoms with van der Waals surface area (Å²) in [5.74, 6) is 5.10. The Kier molecular flexibility index (Phi) is 3.33. The van der Waals surface area contributed by atoms with Crippen LogP contribution in [0, 0.1) is 17.7 Å². The van der Waals surface area contributed by atoms with Gasteiger partial charge in [0.25, 0.3) is 0 Å². The normalized spacial score (nSPS) is 10.5. The zero-order chi connectivity index (χ0) is 11.5. The molecule has 2 nitrogen and oxygen atoms in total. The van der Waals surface area contributed by atoms with E-state index >= 15 is 0 Å². The van der Waals surface area contributed by atoms with Gasteiger partial charge in [0.2, 0.25) is 0 Å². The molecule has 0 saturated carbocycles. The number of hydrogen-bond acceptors (Lipinski definition) is 2. The van der Waals surface area contributed by atoms with E-state index in [0.717, 1.165) is 0 Å². The second-order valence-corrected chi connectivity index (χ2v) is 3.66. The van der Waals surface area contributed by atoms with Gasteiger partial charge in [0, 0.05) is 5.56 Å². The van der Waals surface area contributed by atoms with Crippen LogP contribution in [0.4, 0.5) is 4.39 Å². The predicted molar refractivity (Wildman–Crippen MR) is 56.1 cm³/mol. The minimum Gasteiger partial charge on any atom is -0.494 e. The summed E-state index contributed by atoms with van der Waals surface area (Å²) in [6.45, 7) is 3.17. The molecule has 0 bridgehead atoms. The molecule has 0 atom stereocenters. The molecule has 0 unspecified atom stereocenters. The van der Waals surface area contributed by atoms with Gasteiger partial charge in [0.05, 0.1) is 7.11 Å². The molecule has 3 heteroatoms. The summed E-state index contributed by atoms with van der Waals surface area (Å²) in [5.41, 5.74) is -0.447. The second-order valence-electron chi connectivity index (χ2n) is 3.66. The minimum absolute atomic E-state index is 0.151. The number of ether oxygens (including phenoxy) is 1. The number of methoxy groups -OCH3 is 1. The van der Waals surface area contributed by atoms with Crippen LogP contribution in [0.1, 0.15) is 19.4 Å². The monoisotopic (exact) mass is 208 g/mol. The molecule has 1 aromatic carbocycles. The first kappa shape index (κ1) is 11.5. The molecule has 0 aliphatic heterocycles. The first-order chi connectivity index (χ1) is 6.92. The van der Waals surface area contributed by atoms with Gasteiger partial charge in [0.15, 0.2) is 11.6 Å². The third kappa shape index (κ3) is 3.61. The third-order valence-electron chi connectivity index (χ3n) is 1.66. The van der Waals surface area contributed by atoms with Crippen molar-refractivity contribution in [3.05, 3.63) is 29.6 Å². The van der Waals surface area contributed by atoms with Crippen LogP contribution in [0.5, 0.6) is 5.75 Å². The highest BCUT2D eigenvalue weighted by Crippen LogP contribution is 2.17. The van der Waals surface area contributed by atoms with E-state index < -0.39 is 11.4 Å². The summed E-state index contributed by atoms with van der Waals surface area (Å²) in [5, 5.41) is 9.38. The summed E-state index contributed by atoms with van der Waals surface area (Å²) < 4.78 is 17.8. The zero-order valence-electron chi connectivity index (χ0n) is 8.97. The Labute approximate surface area is 88.7 Å². The van der Waals surface area contributed by atoms with Crippen LogP contribution < -0.4 is 4.74 Å². The lowest BCUT2D eigenvalue weighted by Gasteiger charge is -2.06. The molecule has 1 N–H and O–H groups in total. The molecule has 0 spiro atoms. The van der Waals surface area contributed by atoms with E-state index in [1.54, 1.807) is 13.8 Å². The molecule has 0 radical (unpaired) electrons. The van der Waals surface area contributed by atoms with Crippen molar-refractivity contribution < 1.29 is 14.2 Å². The number of halogens is 1. The molecular weight excluding hydrogens is 195 g/mol. The van der Waals surface area contributed by atoms with E-state index in [9.17, 15) is 9.50 Å². The topological polar surface area (TPSA) is 29.5 Å². The summed E-state index contributed by atoms with van der Waals surface area (Å²) in [4.78, 5) is 0. The van der Waals surface area contributed by atoms with Gasteiger partial charge in [0.1, 0.15) is 5.60 Å². The molecule has 0 amide bonds. The maximum Gasteiger partial charge on any atom is 0.165 e. The average molecular weight is 208 g/mol. The highest BCUT2D eigenvalue weighted by atomic mass is 19.1. The van der Waals surface area contributed by atoms with Crippen LogP contribution in [0.15, 0.2) is 18.2 Å². The quantitative estimate of drug-likeness (QED) is 0.715. The summed E-state index contributed by atoms with van der Waals surface area (Å²) in [7, 11) is 1.39. The Morgan fingerprint density at radius 3 is 2.60 bits per heavy atom. The fourth-order valence-electron chi connectivity index (χ4n) is 0.963. The number of rotatable bonds is 1. The fraction of sp³-hybridized carbons (Fsp3) is 0.333. The smallest absolute Gasteiger partial charge is 0.165 e. The Morgan fingerprint density at radius 2 is 2.07 bits per heavy atom. The Balaban J connectivity index is 3.01. The van der Waals surface area contributed by atoms with Gasteiger partial charge >= 0.3 is 0 Å². The highest BCUT2D eigenvalue weighted by Gasteiger charge is 2.06. The van der Waals surface area contributed by atoms with E-state index in [0.29, 0.717) is 5.56 Å². The lowest BCUT2D eigenvalue weighted by molar-refractivity contribution is 0.143. The molecule has 15 heavy (non-hydrogen) atoms. The van der Waals surface area contributed by atoms with Gasteiger partial charge in [-0.25, -0.2) is 4.39 Å². The van der Waals surface area contributed by atoms with Gasteiger partial charge in [-0.2, -0.15) is 0 Å². The molecule has 0 aliphatic carbocycles. The highest BCUT2D eigenvalue weighted by molar-refractivity contribution is 5.41. The van der Waals surface area contributed by atoms with Crippen molar-refractivity contribution in [1.29, 1.82) is 0 Å². The van der Waals surface area contributed by atoms with Crippen molar-refractivity contribution in [2.24, 2.45) is 0 Å². The third-order valence-corrected chi connectivity index (χ3v) is 1.66. The first-order valence-electron chi connectivity index (χ1n) is 4.51. The molecule has 1 aromatic rings. The van der Waals surface area contributed by atoms with Crippen molar-refractivity contribution in [2.45, 2.75) is 19.4 Å². The molecule has 0 heterocycles. The fourth-order valence-corrected chi connectivity index (χ4v) is 0.963. The largest absolute Gasteiger partial charge is 0.494 e. The van der Waals surface area contributed by atoms with E-state index in [2.05, 4.69) is 11.8 Å². The van der Waals surface area contributed by atoms with Crippen LogP contribution in [-0.2, 0) is 0 Å². The van der Waals surface area contributed by atoms with Crippen LogP contribution in [0.25, 0.3) is 0 Å². The zero-order valence-corrected chi connectivity index (χ0v) is 8.97. The molecule has 0 fully saturated rings. The molecule has 0 aliphatic rings. The number of benzene rings is 1. The van der Waals surface area contributed by atoms with Crippen molar-refractivity contribution in [3.63, 3.8) is 0 Å². The Bertz CT molecular complexity index is 408. The Morgan fingerprint density at radius 1 is 1.40 bits per heavy atom. The number of hydrogen-bond donors (Lipinski definition) is 1. The van der Waals surface area contributed by atoms with Crippen molar-refractivity contribution in [1.82, 2.24) is 0 Å². The number of aliphatic hydroxyl groups is 1. The minimum atomic E-state index is -1.05. The maximum atomic E-state index is 13.0. The van der Waals surface area contributed by atoms with Crippen LogP contribution >= 0.6 is 0 Å². The predicted octanol–water partition coefficient (Wildman–Crippen LogP) is 1.96. The molecule has 0 aromatic heterocycles. The lowest BCUT2D eigenvalue weighted by Crippen LogP contribution is -2.14. The van der Waals surface area contributed by atoms with Gasteiger partial charge in [-0.1, -0.05) is 11.8 Å². The van der Waals surface area contributed by atoms with Gasteiger partial charge in [-0.3, -0.25) is 0 Å². The van der Waals surface area contributed by atoms with Crippen molar-refractivity contribution in [2.75, 3.05) is 7.11 Å². The van der Waals surface area contributed by atoms with Gasteiger partial charge < -0.3 is 9.84 Å². The van der Waals surface area contributed by atoms with Crippen LogP contribution in [0.3, 0.4) is 0 Å². The Hall–Kier alpha value is -1.53. The van der Waals surface area contributed by atoms with E-state index in [1.807, 2.05) is 0 Å². The summed E-state index contributed by atoms with van der Waals surface area (Å²) >= 11 is 0. The van der Waals surface area contributed by atoms with Gasteiger partial charge in [-0.05, 0) is 32.0 Å². The molecule has 80 valence electrons. The summed E-state index contributed by atoms with van der Waals surface area (Å²) in [6, 6.07) is 4.32. The maximum absolute atomic E-state index is 13.0. The second kappa shape index (κ2) is 4.33. The van der Waals surface area contributed by atoms with Crippen molar-refractivity contribution >= 4 is 0 Å². The van der Waals surface area contributed by atoms with Gasteiger partial charge in [-0.15, -0.1) is 0 Å². The first-order valence-corrected chi connectivity index (χ1v) is 4.51. The van der Waals surface area contributed by atoms with Crippen LogP contribution in [0.2, 0.25) is 0 Å². The summed E-state index contributed by atoms with van der Waals surface area (Å²) in [6.07, 6.45) is 0. The lowest BCUT2D eigenvalue weighted by atomic mass is 10.1.